The van der Waals surface area contributed by atoms with Crippen LogP contribution in [0.5, 0.6) is 0 Å². The normalized spacial score (nSPS) is 48.3. The number of fused-ring (bicyclic) bond motifs is 2. The third kappa shape index (κ3) is 4.17. The highest BCUT2D eigenvalue weighted by Gasteiger charge is 2.88. The van der Waals surface area contributed by atoms with E-state index in [2.05, 4.69) is 26.8 Å². The van der Waals surface area contributed by atoms with E-state index in [0.29, 0.717) is 24.7 Å². The van der Waals surface area contributed by atoms with E-state index in [4.69, 9.17) is 9.47 Å². The van der Waals surface area contributed by atoms with E-state index in [9.17, 15) is 29.7 Å². The molecule has 0 unspecified atom stereocenters. The number of carbonyl (C=O) groups excluding carboxylic acids is 2. The van der Waals surface area contributed by atoms with Gasteiger partial charge in [0.15, 0.2) is 0 Å². The number of aliphatic carboxylic acids is 1. The van der Waals surface area contributed by atoms with Crippen molar-refractivity contribution in [2.75, 3.05) is 0 Å². The molecule has 0 aromatic heterocycles. The summed E-state index contributed by atoms with van der Waals surface area (Å²) in [6.07, 6.45) is 7.74. The molecule has 12 atom stereocenters. The molecule has 5 saturated carbocycles. The Labute approximate surface area is 250 Å². The van der Waals surface area contributed by atoms with E-state index < -0.39 is 58.6 Å². The molecule has 0 amide bonds. The molecule has 5 fully saturated rings. The summed E-state index contributed by atoms with van der Waals surface area (Å²) in [4.78, 5) is 38.3. The summed E-state index contributed by atoms with van der Waals surface area (Å²) in [5.74, 6) is -2.05. The number of carboxylic acid groups (broad SMARTS) is 1. The summed E-state index contributed by atoms with van der Waals surface area (Å²) in [7, 11) is 0. The van der Waals surface area contributed by atoms with Gasteiger partial charge in [0.05, 0.1) is 17.1 Å². The molecule has 236 valence electrons. The van der Waals surface area contributed by atoms with Gasteiger partial charge in [-0.2, -0.15) is 0 Å². The quantitative estimate of drug-likeness (QED) is 0.270. The molecular formula is C34H52O8. The zero-order valence-corrected chi connectivity index (χ0v) is 26.7. The summed E-state index contributed by atoms with van der Waals surface area (Å²) in [6, 6.07) is 0. The van der Waals surface area contributed by atoms with Crippen LogP contribution in [-0.4, -0.2) is 57.1 Å². The molecule has 5 aliphatic rings. The van der Waals surface area contributed by atoms with Crippen molar-refractivity contribution in [3.63, 3.8) is 0 Å². The van der Waals surface area contributed by atoms with Gasteiger partial charge < -0.3 is 24.8 Å². The van der Waals surface area contributed by atoms with Crippen molar-refractivity contribution >= 4 is 17.9 Å². The molecule has 5 aliphatic carbocycles. The number of aliphatic hydroxyl groups is 2. The monoisotopic (exact) mass is 588 g/mol. The largest absolute Gasteiger partial charge is 0.481 e. The van der Waals surface area contributed by atoms with Gasteiger partial charge in [-0.25, -0.2) is 0 Å². The van der Waals surface area contributed by atoms with E-state index in [1.807, 2.05) is 6.08 Å². The van der Waals surface area contributed by atoms with Crippen molar-refractivity contribution in [1.29, 1.82) is 0 Å². The van der Waals surface area contributed by atoms with Crippen molar-refractivity contribution < 1.29 is 39.2 Å². The minimum atomic E-state index is -1.54. The summed E-state index contributed by atoms with van der Waals surface area (Å²) in [5, 5.41) is 32.0. The summed E-state index contributed by atoms with van der Waals surface area (Å²) >= 11 is 0. The molecule has 8 nitrogen and oxygen atoms in total. The molecule has 0 aromatic carbocycles. The van der Waals surface area contributed by atoms with E-state index in [0.717, 1.165) is 38.5 Å². The minimum absolute atomic E-state index is 0.0645. The smallest absolute Gasteiger partial charge is 0.312 e. The van der Waals surface area contributed by atoms with Gasteiger partial charge in [0.25, 0.3) is 0 Å². The topological polar surface area (TPSA) is 130 Å². The average molecular weight is 589 g/mol. The van der Waals surface area contributed by atoms with Crippen molar-refractivity contribution in [3.8, 4) is 0 Å². The molecule has 42 heavy (non-hydrogen) atoms. The Morgan fingerprint density at radius 2 is 1.48 bits per heavy atom. The lowest BCUT2D eigenvalue weighted by atomic mass is 9.40. The van der Waals surface area contributed by atoms with Crippen LogP contribution in [0.2, 0.25) is 0 Å². The van der Waals surface area contributed by atoms with Gasteiger partial charge in [-0.15, -0.1) is 0 Å². The van der Waals surface area contributed by atoms with Gasteiger partial charge >= 0.3 is 17.9 Å². The Balaban J connectivity index is 1.61. The molecule has 8 heteroatoms. The number of rotatable bonds is 7. The first-order valence-corrected chi connectivity index (χ1v) is 16.0. The number of allylic oxidation sites excluding steroid dienone is 1. The van der Waals surface area contributed by atoms with Crippen LogP contribution in [0.4, 0.5) is 0 Å². The number of carbonyl (C=O) groups is 3. The molecule has 3 N–H and O–H groups in total. The molecule has 0 radical (unpaired) electrons. The van der Waals surface area contributed by atoms with Crippen LogP contribution >= 0.6 is 0 Å². The summed E-state index contributed by atoms with van der Waals surface area (Å²) < 4.78 is 12.3. The molecule has 0 aliphatic heterocycles. The lowest BCUT2D eigenvalue weighted by Crippen LogP contribution is -2.69. The van der Waals surface area contributed by atoms with E-state index in [1.165, 1.54) is 13.8 Å². The van der Waals surface area contributed by atoms with Crippen molar-refractivity contribution in [2.45, 2.75) is 131 Å². The number of carboxylic acids is 1. The highest BCUT2D eigenvalue weighted by atomic mass is 16.6. The van der Waals surface area contributed by atoms with Crippen molar-refractivity contribution in [2.24, 2.45) is 50.7 Å². The minimum Gasteiger partial charge on any atom is -0.481 e. The highest BCUT2D eigenvalue weighted by Crippen LogP contribution is 2.89. The van der Waals surface area contributed by atoms with Gasteiger partial charge in [0.1, 0.15) is 12.2 Å². The van der Waals surface area contributed by atoms with Gasteiger partial charge in [-0.05, 0) is 106 Å². The molecule has 0 bridgehead atoms. The first-order chi connectivity index (χ1) is 19.3. The number of esters is 2. The molecule has 0 heterocycles. The maximum atomic E-state index is 13.0. The fourth-order valence-electron chi connectivity index (χ4n) is 11.7. The van der Waals surface area contributed by atoms with Gasteiger partial charge in [-0.1, -0.05) is 32.9 Å². The molecule has 0 saturated heterocycles. The Hall–Kier alpha value is -1.93. The van der Waals surface area contributed by atoms with Crippen LogP contribution in [0.25, 0.3) is 0 Å². The predicted octanol–water partition coefficient (Wildman–Crippen LogP) is 5.29. The molecule has 5 rings (SSSR count). The van der Waals surface area contributed by atoms with E-state index >= 15 is 0 Å². The number of hydrogen-bond acceptors (Lipinski definition) is 7. The second-order valence-corrected chi connectivity index (χ2v) is 16.0. The fourth-order valence-corrected chi connectivity index (χ4v) is 11.7. The van der Waals surface area contributed by atoms with Gasteiger partial charge in [0, 0.05) is 25.7 Å². The fraction of sp³-hybridized carbons (Fsp3) is 0.853. The standard InChI is InChI=1S/C34H52O8/c1-19(10-9-13-29(4,5)40)22-11-14-31(7)26-24(41-20(2)35)25(42-21(3)36)27-32(8,28(38)39)23(37)12-15-33(27)18-34(26,33)17-16-30(22,31)6/h9,13,19,22-27,37,40H,10-12,14-18H2,1-8H3,(H,38,39)/b13-9+/t19-,22+,23+,24-,25+,26-,27+,30-,31+,32-,33+,34-/m1/s1. The molecular weight excluding hydrogens is 536 g/mol. The third-order valence-electron chi connectivity index (χ3n) is 13.5. The molecule has 2 spiro atoms. The zero-order chi connectivity index (χ0) is 31.3. The Bertz CT molecular complexity index is 1170. The summed E-state index contributed by atoms with van der Waals surface area (Å²) in [5.41, 5.74) is -3.32. The second kappa shape index (κ2) is 9.79. The lowest BCUT2D eigenvalue weighted by molar-refractivity contribution is -0.259. The van der Waals surface area contributed by atoms with Crippen molar-refractivity contribution in [1.82, 2.24) is 0 Å². The predicted molar refractivity (Wildman–Crippen MR) is 156 cm³/mol. The van der Waals surface area contributed by atoms with Crippen LogP contribution in [-0.2, 0) is 23.9 Å². The average Bonchev–Trinajstić information content (AvgIpc) is 3.40. The first kappa shape index (κ1) is 31.5. The SMILES string of the molecule is CC(=O)O[C@@H]1[C@H](OC(C)=O)[C@H]2[C@](C)(C(=O)O)[C@@H](O)CC[C@]23C[C@@]32CC[C@]3(C)[C@H]([C@H](C)C/C=C/C(C)(C)O)CC[C@@]3(C)[C@@H]12. The van der Waals surface area contributed by atoms with Crippen LogP contribution < -0.4 is 0 Å². The zero-order valence-electron chi connectivity index (χ0n) is 26.7. The highest BCUT2D eigenvalue weighted by molar-refractivity contribution is 5.77. The lowest BCUT2D eigenvalue weighted by Gasteiger charge is -2.65. The van der Waals surface area contributed by atoms with Gasteiger partial charge in [0.2, 0.25) is 0 Å². The number of ether oxygens (including phenoxy) is 2. The van der Waals surface area contributed by atoms with Gasteiger partial charge in [-0.3, -0.25) is 14.4 Å². The third-order valence-corrected chi connectivity index (χ3v) is 13.5. The Morgan fingerprint density at radius 3 is 2.02 bits per heavy atom. The van der Waals surface area contributed by atoms with E-state index in [-0.39, 0.29) is 22.2 Å². The van der Waals surface area contributed by atoms with Crippen LogP contribution in [0.1, 0.15) is 107 Å². The Morgan fingerprint density at radius 1 is 0.905 bits per heavy atom. The number of hydrogen-bond donors (Lipinski definition) is 3. The maximum absolute atomic E-state index is 13.0. The van der Waals surface area contributed by atoms with Crippen LogP contribution in [0.3, 0.4) is 0 Å². The summed E-state index contributed by atoms with van der Waals surface area (Å²) in [6.45, 7) is 14.9. The van der Waals surface area contributed by atoms with E-state index in [1.54, 1.807) is 20.8 Å². The molecule has 0 aromatic rings. The van der Waals surface area contributed by atoms with Crippen molar-refractivity contribution in [3.05, 3.63) is 12.2 Å². The first-order valence-electron chi connectivity index (χ1n) is 16.0. The Kier molecular flexibility index (Phi) is 7.34. The van der Waals surface area contributed by atoms with Crippen LogP contribution in [0.15, 0.2) is 12.2 Å². The van der Waals surface area contributed by atoms with Crippen LogP contribution in [0, 0.1) is 50.7 Å². The maximum Gasteiger partial charge on any atom is 0.312 e. The number of aliphatic hydroxyl groups excluding tert-OH is 1. The second-order valence-electron chi connectivity index (χ2n) is 16.0.